The largest absolute Gasteiger partial charge is 0.462 e. The Labute approximate surface area is 120 Å². The summed E-state index contributed by atoms with van der Waals surface area (Å²) in [6.45, 7) is 1.96. The van der Waals surface area contributed by atoms with Gasteiger partial charge >= 0.3 is 5.97 Å². The van der Waals surface area contributed by atoms with E-state index < -0.39 is 17.8 Å². The van der Waals surface area contributed by atoms with Gasteiger partial charge in [0.25, 0.3) is 5.91 Å². The molecule has 0 atom stereocenters. The number of pyridine rings is 1. The third-order valence-corrected chi connectivity index (χ3v) is 2.64. The second-order valence-corrected chi connectivity index (χ2v) is 4.10. The van der Waals surface area contributed by atoms with Crippen molar-refractivity contribution < 1.29 is 18.7 Å². The summed E-state index contributed by atoms with van der Waals surface area (Å²) in [4.78, 5) is 26.9. The molecule has 6 heteroatoms. The number of carbonyl (C=O) groups is 2. The van der Waals surface area contributed by atoms with Gasteiger partial charge in [-0.3, -0.25) is 4.79 Å². The molecular formula is C15H13FN2O3. The number of carbonyl (C=O) groups excluding carboxylic acids is 2. The predicted molar refractivity (Wildman–Crippen MR) is 74.5 cm³/mol. The van der Waals surface area contributed by atoms with E-state index in [-0.39, 0.29) is 12.2 Å². The lowest BCUT2D eigenvalue weighted by atomic mass is 10.2. The third-order valence-electron chi connectivity index (χ3n) is 2.64. The van der Waals surface area contributed by atoms with E-state index in [2.05, 4.69) is 10.3 Å². The van der Waals surface area contributed by atoms with Gasteiger partial charge in [-0.25, -0.2) is 9.78 Å². The first-order valence-corrected chi connectivity index (χ1v) is 6.31. The van der Waals surface area contributed by atoms with Gasteiger partial charge in [-0.15, -0.1) is 0 Å². The maximum atomic E-state index is 13.4. The molecule has 1 aromatic carbocycles. The normalized spacial score (nSPS) is 10.0. The average molecular weight is 288 g/mol. The van der Waals surface area contributed by atoms with Crippen LogP contribution in [0.3, 0.4) is 0 Å². The van der Waals surface area contributed by atoms with E-state index >= 15 is 0 Å². The second-order valence-electron chi connectivity index (χ2n) is 4.10. The molecule has 1 amide bonds. The molecule has 0 fully saturated rings. The summed E-state index contributed by atoms with van der Waals surface area (Å²) < 4.78 is 18.3. The zero-order valence-corrected chi connectivity index (χ0v) is 11.3. The molecule has 1 heterocycles. The van der Waals surface area contributed by atoms with Gasteiger partial charge in [-0.05, 0) is 37.3 Å². The Bertz CT molecular complexity index is 673. The molecule has 0 saturated carbocycles. The fraction of sp³-hybridized carbons (Fsp3) is 0.133. The summed E-state index contributed by atoms with van der Waals surface area (Å²) in [5.41, 5.74) is 0.508. The lowest BCUT2D eigenvalue weighted by Gasteiger charge is -2.07. The highest BCUT2D eigenvalue weighted by Crippen LogP contribution is 2.14. The Morgan fingerprint density at radius 2 is 2.10 bits per heavy atom. The Kier molecular flexibility index (Phi) is 4.61. The first-order valence-electron chi connectivity index (χ1n) is 6.31. The van der Waals surface area contributed by atoms with Gasteiger partial charge in [0.2, 0.25) is 5.95 Å². The molecule has 21 heavy (non-hydrogen) atoms. The predicted octanol–water partition coefficient (Wildman–Crippen LogP) is 2.65. The minimum absolute atomic E-state index is 0.168. The van der Waals surface area contributed by atoms with Gasteiger partial charge in [-0.2, -0.15) is 4.39 Å². The number of hydrogen-bond donors (Lipinski definition) is 1. The first kappa shape index (κ1) is 14.6. The number of amides is 1. The van der Waals surface area contributed by atoms with E-state index in [4.69, 9.17) is 4.74 Å². The van der Waals surface area contributed by atoms with Crippen molar-refractivity contribution in [1.82, 2.24) is 4.98 Å². The monoisotopic (exact) mass is 288 g/mol. The molecule has 1 aromatic heterocycles. The van der Waals surface area contributed by atoms with Crippen LogP contribution >= 0.6 is 0 Å². The van der Waals surface area contributed by atoms with E-state index in [0.29, 0.717) is 11.3 Å². The van der Waals surface area contributed by atoms with Crippen molar-refractivity contribution in [3.8, 4) is 0 Å². The van der Waals surface area contributed by atoms with E-state index in [1.807, 2.05) is 0 Å². The molecule has 0 aliphatic rings. The van der Waals surface area contributed by atoms with Crippen molar-refractivity contribution in [2.45, 2.75) is 6.92 Å². The topological polar surface area (TPSA) is 68.3 Å². The van der Waals surface area contributed by atoms with Gasteiger partial charge in [-0.1, -0.05) is 6.07 Å². The molecule has 2 aromatic rings. The number of anilines is 1. The molecule has 108 valence electrons. The standard InChI is InChI=1S/C15H13FN2O3/c1-2-21-15(20)10-5-3-6-11(9-10)18-14(19)12-7-4-8-17-13(12)16/h3-9H,2H2,1H3,(H,18,19). The van der Waals surface area contributed by atoms with Crippen LogP contribution in [0.4, 0.5) is 10.1 Å². The zero-order chi connectivity index (χ0) is 15.2. The van der Waals surface area contributed by atoms with Crippen LogP contribution in [-0.2, 0) is 4.74 Å². The number of rotatable bonds is 4. The molecule has 0 bridgehead atoms. The first-order chi connectivity index (χ1) is 10.1. The maximum Gasteiger partial charge on any atom is 0.338 e. The lowest BCUT2D eigenvalue weighted by molar-refractivity contribution is 0.0526. The van der Waals surface area contributed by atoms with Crippen LogP contribution in [0.15, 0.2) is 42.6 Å². The fourth-order valence-electron chi connectivity index (χ4n) is 1.69. The van der Waals surface area contributed by atoms with Crippen LogP contribution in [0, 0.1) is 5.95 Å². The Hall–Kier alpha value is -2.76. The van der Waals surface area contributed by atoms with Crippen LogP contribution < -0.4 is 5.32 Å². The fourth-order valence-corrected chi connectivity index (χ4v) is 1.69. The van der Waals surface area contributed by atoms with E-state index in [0.717, 1.165) is 0 Å². The second kappa shape index (κ2) is 6.60. The number of ether oxygens (including phenoxy) is 1. The number of benzene rings is 1. The van der Waals surface area contributed by atoms with Crippen LogP contribution in [0.25, 0.3) is 0 Å². The molecular weight excluding hydrogens is 275 g/mol. The highest BCUT2D eigenvalue weighted by Gasteiger charge is 2.13. The van der Waals surface area contributed by atoms with Crippen LogP contribution in [0.1, 0.15) is 27.6 Å². The third kappa shape index (κ3) is 3.62. The number of nitrogens with one attached hydrogen (secondary N) is 1. The number of halogens is 1. The Morgan fingerprint density at radius 3 is 2.81 bits per heavy atom. The minimum atomic E-state index is -0.850. The molecule has 1 N–H and O–H groups in total. The summed E-state index contributed by atoms with van der Waals surface area (Å²) in [6, 6.07) is 9.01. The van der Waals surface area contributed by atoms with E-state index in [1.165, 1.54) is 24.4 Å². The highest BCUT2D eigenvalue weighted by molar-refractivity contribution is 6.04. The van der Waals surface area contributed by atoms with Gasteiger partial charge in [0.05, 0.1) is 17.7 Å². The van der Waals surface area contributed by atoms with Gasteiger partial charge in [0, 0.05) is 11.9 Å². The van der Waals surface area contributed by atoms with E-state index in [9.17, 15) is 14.0 Å². The quantitative estimate of drug-likeness (QED) is 0.693. The van der Waals surface area contributed by atoms with Crippen molar-refractivity contribution in [3.63, 3.8) is 0 Å². The molecule has 0 radical (unpaired) electrons. The lowest BCUT2D eigenvalue weighted by Crippen LogP contribution is -2.15. The molecule has 0 unspecified atom stereocenters. The molecule has 0 spiro atoms. The number of hydrogen-bond acceptors (Lipinski definition) is 4. The van der Waals surface area contributed by atoms with Gasteiger partial charge in [0.1, 0.15) is 0 Å². The van der Waals surface area contributed by atoms with Crippen molar-refractivity contribution in [2.24, 2.45) is 0 Å². The number of esters is 1. The van der Waals surface area contributed by atoms with Crippen molar-refractivity contribution in [1.29, 1.82) is 0 Å². The number of nitrogens with zero attached hydrogens (tertiary/aromatic N) is 1. The van der Waals surface area contributed by atoms with Crippen molar-refractivity contribution >= 4 is 17.6 Å². The molecule has 2 rings (SSSR count). The van der Waals surface area contributed by atoms with Crippen LogP contribution in [0.2, 0.25) is 0 Å². The molecule has 0 aliphatic heterocycles. The Morgan fingerprint density at radius 1 is 1.29 bits per heavy atom. The zero-order valence-electron chi connectivity index (χ0n) is 11.3. The Balaban J connectivity index is 2.17. The van der Waals surface area contributed by atoms with Crippen molar-refractivity contribution in [2.75, 3.05) is 11.9 Å². The number of aromatic nitrogens is 1. The summed E-state index contributed by atoms with van der Waals surface area (Å²) in [5.74, 6) is -1.97. The van der Waals surface area contributed by atoms with E-state index in [1.54, 1.807) is 25.1 Å². The SMILES string of the molecule is CCOC(=O)c1cccc(NC(=O)c2cccnc2F)c1. The molecule has 0 saturated heterocycles. The van der Waals surface area contributed by atoms with Crippen LogP contribution in [0.5, 0.6) is 0 Å². The summed E-state index contributed by atoms with van der Waals surface area (Å²) >= 11 is 0. The molecule has 0 aliphatic carbocycles. The molecule has 5 nitrogen and oxygen atoms in total. The van der Waals surface area contributed by atoms with Gasteiger partial charge in [0.15, 0.2) is 0 Å². The summed E-state index contributed by atoms with van der Waals surface area (Å²) in [7, 11) is 0. The average Bonchev–Trinajstić information content (AvgIpc) is 2.48. The maximum absolute atomic E-state index is 13.4. The highest BCUT2D eigenvalue weighted by atomic mass is 19.1. The smallest absolute Gasteiger partial charge is 0.338 e. The van der Waals surface area contributed by atoms with Crippen molar-refractivity contribution in [3.05, 3.63) is 59.7 Å². The summed E-state index contributed by atoms with van der Waals surface area (Å²) in [5, 5.41) is 2.51. The summed E-state index contributed by atoms with van der Waals surface area (Å²) in [6.07, 6.45) is 1.26. The minimum Gasteiger partial charge on any atom is -0.462 e. The van der Waals surface area contributed by atoms with Crippen LogP contribution in [-0.4, -0.2) is 23.5 Å². The van der Waals surface area contributed by atoms with Gasteiger partial charge < -0.3 is 10.1 Å².